The molecule has 240 valence electrons. The minimum absolute atomic E-state index is 0.0165. The molecule has 0 aromatic carbocycles. The highest BCUT2D eigenvalue weighted by Crippen LogP contribution is 2.39. The van der Waals surface area contributed by atoms with Crippen LogP contribution in [-0.2, 0) is 28.8 Å². The van der Waals surface area contributed by atoms with Crippen molar-refractivity contribution in [2.75, 3.05) is 0 Å². The smallest absolute Gasteiger partial charge is 0.318 e. The SMILES string of the molecule is C=CCC(C(=O)O)C(=O)O.C=CCC(CC=C)(CC=C)CC(C(=O)O)C(=O)O.C=CCC(CC=C)CC(C(=O)O)C(=O)O. The highest BCUT2D eigenvalue weighted by Gasteiger charge is 2.36. The van der Waals surface area contributed by atoms with Gasteiger partial charge in [0, 0.05) is 0 Å². The summed E-state index contributed by atoms with van der Waals surface area (Å²) in [7, 11) is 0. The molecule has 0 atom stereocenters. The van der Waals surface area contributed by atoms with Crippen LogP contribution in [0.5, 0.6) is 0 Å². The lowest BCUT2D eigenvalue weighted by molar-refractivity contribution is -0.157. The summed E-state index contributed by atoms with van der Waals surface area (Å²) in [4.78, 5) is 63.5. The highest BCUT2D eigenvalue weighted by atomic mass is 16.4. The molecule has 0 bridgehead atoms. The van der Waals surface area contributed by atoms with Gasteiger partial charge in [0.2, 0.25) is 0 Å². The van der Waals surface area contributed by atoms with Gasteiger partial charge in [0.15, 0.2) is 17.8 Å². The summed E-state index contributed by atoms with van der Waals surface area (Å²) in [5.41, 5.74) is -0.479. The van der Waals surface area contributed by atoms with Crippen molar-refractivity contribution in [2.24, 2.45) is 29.1 Å². The maximum atomic E-state index is 11.0. The number of carboxylic acids is 6. The van der Waals surface area contributed by atoms with Gasteiger partial charge in [-0.1, -0.05) is 36.5 Å². The van der Waals surface area contributed by atoms with Gasteiger partial charge in [0.05, 0.1) is 0 Å². The predicted molar refractivity (Wildman–Crippen MR) is 160 cm³/mol. The molecule has 0 spiro atoms. The first-order valence-electron chi connectivity index (χ1n) is 13.1. The van der Waals surface area contributed by atoms with E-state index in [0.29, 0.717) is 32.1 Å². The van der Waals surface area contributed by atoms with Gasteiger partial charge < -0.3 is 30.6 Å². The maximum Gasteiger partial charge on any atom is 0.318 e. The van der Waals surface area contributed by atoms with Crippen molar-refractivity contribution >= 4 is 35.8 Å². The van der Waals surface area contributed by atoms with E-state index >= 15 is 0 Å². The number of aliphatic carboxylic acids is 6. The minimum Gasteiger partial charge on any atom is -0.481 e. The molecule has 0 aliphatic carbocycles. The molecule has 0 saturated heterocycles. The monoisotopic (exact) mass is 608 g/mol. The van der Waals surface area contributed by atoms with Gasteiger partial charge in [0.25, 0.3) is 0 Å². The second-order valence-electron chi connectivity index (χ2n) is 9.54. The van der Waals surface area contributed by atoms with E-state index < -0.39 is 59.0 Å². The van der Waals surface area contributed by atoms with Crippen LogP contribution in [0.2, 0.25) is 0 Å². The standard InChI is InChI=1S/C14H20O4.C11H16O4.C6H8O4/c1-4-7-14(8-5-2,9-6-3)10-11(12(15)16)13(17)18;1-3-5-8(6-4-2)7-9(10(12)13)11(14)15;1-2-3-4(5(7)8)6(9)10/h4-6,11H,1-3,7-10H2,(H,15,16)(H,17,18);3-4,8-9H,1-2,5-7H2,(H,12,13)(H,14,15);2,4H,1,3H2,(H,7,8)(H,9,10). The van der Waals surface area contributed by atoms with E-state index in [9.17, 15) is 28.8 Å². The second-order valence-corrected chi connectivity index (χ2v) is 9.54. The summed E-state index contributed by atoms with van der Waals surface area (Å²) in [6, 6.07) is 0. The molecule has 0 amide bonds. The van der Waals surface area contributed by atoms with Gasteiger partial charge in [-0.05, 0) is 62.7 Å². The van der Waals surface area contributed by atoms with Crippen LogP contribution in [0.3, 0.4) is 0 Å². The summed E-state index contributed by atoms with van der Waals surface area (Å²) in [6.07, 6.45) is 12.5. The van der Waals surface area contributed by atoms with Crippen molar-refractivity contribution in [3.05, 3.63) is 75.9 Å². The fraction of sp³-hybridized carbons (Fsp3) is 0.419. The van der Waals surface area contributed by atoms with Gasteiger partial charge in [-0.2, -0.15) is 0 Å². The number of hydrogen-bond acceptors (Lipinski definition) is 6. The normalized spacial score (nSPS) is 10.3. The lowest BCUT2D eigenvalue weighted by Gasteiger charge is -2.32. The van der Waals surface area contributed by atoms with E-state index in [1.807, 2.05) is 0 Å². The van der Waals surface area contributed by atoms with E-state index in [4.69, 9.17) is 30.6 Å². The molecule has 0 aromatic rings. The molecule has 0 rings (SSSR count). The molecular formula is C31H44O12. The van der Waals surface area contributed by atoms with Crippen LogP contribution in [-0.4, -0.2) is 66.5 Å². The topological polar surface area (TPSA) is 224 Å². The Kier molecular flexibility index (Phi) is 23.8. The maximum absolute atomic E-state index is 11.0. The van der Waals surface area contributed by atoms with E-state index in [2.05, 4.69) is 39.5 Å². The van der Waals surface area contributed by atoms with Crippen LogP contribution in [0.1, 0.15) is 51.4 Å². The largest absolute Gasteiger partial charge is 0.481 e. The Balaban J connectivity index is -0.000000581. The summed E-state index contributed by atoms with van der Waals surface area (Å²) < 4.78 is 0. The van der Waals surface area contributed by atoms with E-state index in [1.54, 1.807) is 30.4 Å². The van der Waals surface area contributed by atoms with Crippen LogP contribution >= 0.6 is 0 Å². The van der Waals surface area contributed by atoms with Crippen molar-refractivity contribution in [2.45, 2.75) is 51.4 Å². The quantitative estimate of drug-likeness (QED) is 0.0693. The van der Waals surface area contributed by atoms with E-state index in [1.165, 1.54) is 6.08 Å². The number of carboxylic acid groups (broad SMARTS) is 6. The van der Waals surface area contributed by atoms with E-state index in [-0.39, 0.29) is 25.2 Å². The third-order valence-corrected chi connectivity index (χ3v) is 6.13. The first kappa shape index (κ1) is 42.7. The van der Waals surface area contributed by atoms with Crippen molar-refractivity contribution < 1.29 is 59.4 Å². The Morgan fingerprint density at radius 3 is 0.977 bits per heavy atom. The zero-order chi connectivity index (χ0) is 34.2. The first-order chi connectivity index (χ1) is 20.0. The zero-order valence-electron chi connectivity index (χ0n) is 24.3. The third-order valence-electron chi connectivity index (χ3n) is 6.13. The van der Waals surface area contributed by atoms with Crippen LogP contribution in [0.25, 0.3) is 0 Å². The van der Waals surface area contributed by atoms with Crippen molar-refractivity contribution in [3.63, 3.8) is 0 Å². The number of carbonyl (C=O) groups is 6. The second kappa shape index (κ2) is 23.9. The van der Waals surface area contributed by atoms with Gasteiger partial charge in [0.1, 0.15) is 0 Å². The molecule has 0 aliphatic rings. The molecule has 12 heteroatoms. The van der Waals surface area contributed by atoms with Crippen molar-refractivity contribution in [1.29, 1.82) is 0 Å². The number of allylic oxidation sites excluding steroid dienone is 6. The molecule has 0 aliphatic heterocycles. The zero-order valence-corrected chi connectivity index (χ0v) is 24.3. The molecule has 43 heavy (non-hydrogen) atoms. The van der Waals surface area contributed by atoms with Crippen LogP contribution in [0.15, 0.2) is 75.9 Å². The van der Waals surface area contributed by atoms with Gasteiger partial charge in [-0.25, -0.2) is 0 Å². The lowest BCUT2D eigenvalue weighted by atomic mass is 9.71. The van der Waals surface area contributed by atoms with Crippen LogP contribution < -0.4 is 0 Å². The Bertz CT molecular complexity index is 932. The third kappa shape index (κ3) is 19.1. The molecule has 0 heterocycles. The average molecular weight is 609 g/mol. The summed E-state index contributed by atoms with van der Waals surface area (Å²) in [5, 5.41) is 51.8. The molecule has 0 unspecified atom stereocenters. The Morgan fingerprint density at radius 2 is 0.767 bits per heavy atom. The number of rotatable bonds is 22. The average Bonchev–Trinajstić information content (AvgIpc) is 2.89. The van der Waals surface area contributed by atoms with Crippen LogP contribution in [0, 0.1) is 29.1 Å². The molecule has 0 aromatic heterocycles. The lowest BCUT2D eigenvalue weighted by Crippen LogP contribution is -2.32. The predicted octanol–water partition coefficient (Wildman–Crippen LogP) is 5.15. The molecule has 6 N–H and O–H groups in total. The van der Waals surface area contributed by atoms with Crippen LogP contribution in [0.4, 0.5) is 0 Å². The fourth-order valence-electron chi connectivity index (χ4n) is 4.01. The van der Waals surface area contributed by atoms with Crippen molar-refractivity contribution in [3.8, 4) is 0 Å². The summed E-state index contributed by atoms with van der Waals surface area (Å²) in [6.45, 7) is 21.3. The van der Waals surface area contributed by atoms with Gasteiger partial charge >= 0.3 is 35.8 Å². The summed E-state index contributed by atoms with van der Waals surface area (Å²) in [5.74, 6) is -12.0. The Hall–Kier alpha value is -4.74. The molecule has 12 nitrogen and oxygen atoms in total. The minimum atomic E-state index is -1.41. The van der Waals surface area contributed by atoms with Gasteiger partial charge in [-0.15, -0.1) is 39.5 Å². The Morgan fingerprint density at radius 1 is 0.465 bits per heavy atom. The molecule has 0 radical (unpaired) electrons. The van der Waals surface area contributed by atoms with Gasteiger partial charge in [-0.3, -0.25) is 28.8 Å². The molecule has 0 saturated carbocycles. The van der Waals surface area contributed by atoms with E-state index in [0.717, 1.165) is 0 Å². The molecule has 0 fully saturated rings. The fourth-order valence-corrected chi connectivity index (χ4v) is 4.01. The van der Waals surface area contributed by atoms with Crippen molar-refractivity contribution in [1.82, 2.24) is 0 Å². The Labute approximate surface area is 251 Å². The first-order valence-corrected chi connectivity index (χ1v) is 13.1. The number of hydrogen-bond donors (Lipinski definition) is 6. The molecular weight excluding hydrogens is 564 g/mol. The summed E-state index contributed by atoms with van der Waals surface area (Å²) >= 11 is 0. The highest BCUT2D eigenvalue weighted by molar-refractivity contribution is 5.93.